The highest BCUT2D eigenvalue weighted by molar-refractivity contribution is 7.92. The number of anilines is 1. The van der Waals surface area contributed by atoms with Gasteiger partial charge in [0.1, 0.15) is 0 Å². The molecule has 0 saturated heterocycles. The zero-order chi connectivity index (χ0) is 20.5. The molecule has 1 atom stereocenters. The van der Waals surface area contributed by atoms with Crippen LogP contribution in [0.3, 0.4) is 0 Å². The van der Waals surface area contributed by atoms with Gasteiger partial charge in [0.15, 0.2) is 0 Å². The molecule has 148 valence electrons. The van der Waals surface area contributed by atoms with Crippen molar-refractivity contribution in [3.8, 4) is 0 Å². The third-order valence-corrected chi connectivity index (χ3v) is 7.72. The Balaban J connectivity index is 1.91. The van der Waals surface area contributed by atoms with Crippen LogP contribution in [-0.4, -0.2) is 27.4 Å². The van der Waals surface area contributed by atoms with Gasteiger partial charge in [0, 0.05) is 22.8 Å². The number of carbonyl (C=O) groups excluding carboxylic acids is 1. The van der Waals surface area contributed by atoms with E-state index in [1.165, 1.54) is 34.8 Å². The van der Waals surface area contributed by atoms with Gasteiger partial charge in [0.2, 0.25) is 0 Å². The zero-order valence-corrected chi connectivity index (χ0v) is 18.2. The summed E-state index contributed by atoms with van der Waals surface area (Å²) in [5.74, 6) is -0.112. The number of sulfonamides is 1. The first-order valence-corrected chi connectivity index (χ1v) is 11.4. The average Bonchev–Trinajstić information content (AvgIpc) is 3.11. The Kier molecular flexibility index (Phi) is 5.98. The van der Waals surface area contributed by atoms with Gasteiger partial charge >= 0.3 is 0 Å². The van der Waals surface area contributed by atoms with Crippen LogP contribution in [0.4, 0.5) is 5.69 Å². The lowest BCUT2D eigenvalue weighted by molar-refractivity contribution is 0.0943. The van der Waals surface area contributed by atoms with E-state index in [1.54, 1.807) is 30.3 Å². The first-order valence-electron chi connectivity index (χ1n) is 8.81. The van der Waals surface area contributed by atoms with Crippen molar-refractivity contribution in [2.45, 2.75) is 31.2 Å². The van der Waals surface area contributed by atoms with Crippen molar-refractivity contribution >= 4 is 54.6 Å². The van der Waals surface area contributed by atoms with Crippen molar-refractivity contribution in [2.75, 3.05) is 11.4 Å². The largest absolute Gasteiger partial charge is 0.349 e. The Labute approximate surface area is 174 Å². The minimum atomic E-state index is -3.71. The lowest BCUT2D eigenvalue weighted by Gasteiger charge is -2.19. The van der Waals surface area contributed by atoms with Crippen LogP contribution < -0.4 is 9.62 Å². The van der Waals surface area contributed by atoms with Crippen LogP contribution in [0.1, 0.15) is 29.9 Å². The number of benzene rings is 2. The van der Waals surface area contributed by atoms with Gasteiger partial charge in [-0.15, -0.1) is 11.3 Å². The van der Waals surface area contributed by atoms with Crippen LogP contribution in [0.15, 0.2) is 53.4 Å². The fourth-order valence-corrected chi connectivity index (χ4v) is 4.90. The smallest absolute Gasteiger partial charge is 0.264 e. The third kappa shape index (κ3) is 4.16. The molecule has 1 N–H and O–H groups in total. The summed E-state index contributed by atoms with van der Waals surface area (Å²) in [6.07, 6.45) is 0.855. The van der Waals surface area contributed by atoms with Crippen LogP contribution in [0, 0.1) is 0 Å². The highest BCUT2D eigenvalue weighted by Crippen LogP contribution is 2.31. The molecule has 5 nitrogen and oxygen atoms in total. The first kappa shape index (κ1) is 20.6. The third-order valence-electron chi connectivity index (χ3n) is 4.55. The molecule has 8 heteroatoms. The van der Waals surface area contributed by atoms with E-state index in [2.05, 4.69) is 5.32 Å². The minimum Gasteiger partial charge on any atom is -0.349 e. The maximum Gasteiger partial charge on any atom is 0.264 e. The van der Waals surface area contributed by atoms with Gasteiger partial charge < -0.3 is 5.32 Å². The maximum atomic E-state index is 12.9. The molecule has 0 aliphatic heterocycles. The number of nitrogens with one attached hydrogen (secondary N) is 1. The number of amides is 1. The van der Waals surface area contributed by atoms with Crippen LogP contribution in [-0.2, 0) is 10.0 Å². The fourth-order valence-electron chi connectivity index (χ4n) is 2.64. The number of nitrogens with zero attached hydrogens (tertiary/aromatic N) is 1. The summed E-state index contributed by atoms with van der Waals surface area (Å²) in [6, 6.07) is 13.3. The molecular formula is C20H21ClN2O3S2. The van der Waals surface area contributed by atoms with Gasteiger partial charge in [0.25, 0.3) is 15.9 Å². The maximum absolute atomic E-state index is 12.9. The van der Waals surface area contributed by atoms with Crippen molar-refractivity contribution in [2.24, 2.45) is 0 Å². The second kappa shape index (κ2) is 8.11. The Morgan fingerprint density at radius 2 is 1.86 bits per heavy atom. The van der Waals surface area contributed by atoms with Gasteiger partial charge in [-0.3, -0.25) is 9.10 Å². The standard InChI is InChI=1S/C20H21ClN2O3S2/c1-4-13(2)22-20(24)19-12-14-11-16(7-10-18(14)27-19)23(3)28(25,26)17-8-5-15(21)6-9-17/h5-13H,4H2,1-3H3,(H,22,24)/t13-/m1/s1. The molecule has 3 aromatic rings. The topological polar surface area (TPSA) is 66.5 Å². The normalized spacial score (nSPS) is 12.7. The number of carbonyl (C=O) groups is 1. The monoisotopic (exact) mass is 436 g/mol. The summed E-state index contributed by atoms with van der Waals surface area (Å²) >= 11 is 7.24. The molecular weight excluding hydrogens is 416 g/mol. The quantitative estimate of drug-likeness (QED) is 0.597. The molecule has 3 rings (SSSR count). The van der Waals surface area contributed by atoms with Gasteiger partial charge in [0.05, 0.1) is 15.5 Å². The molecule has 0 spiro atoms. The van der Waals surface area contributed by atoms with E-state index >= 15 is 0 Å². The van der Waals surface area contributed by atoms with Gasteiger partial charge in [-0.05, 0) is 67.3 Å². The molecule has 0 saturated carbocycles. The second-order valence-corrected chi connectivity index (χ2v) is 10.0. The molecule has 1 heterocycles. The minimum absolute atomic E-state index is 0.101. The van der Waals surface area contributed by atoms with E-state index in [0.717, 1.165) is 16.5 Å². The van der Waals surface area contributed by atoms with Crippen LogP contribution >= 0.6 is 22.9 Å². The lowest BCUT2D eigenvalue weighted by atomic mass is 10.2. The molecule has 28 heavy (non-hydrogen) atoms. The number of fused-ring (bicyclic) bond motifs is 1. The molecule has 0 bridgehead atoms. The first-order chi connectivity index (χ1) is 13.2. The summed E-state index contributed by atoms with van der Waals surface area (Å²) in [7, 11) is -2.20. The summed E-state index contributed by atoms with van der Waals surface area (Å²) in [4.78, 5) is 13.1. The highest BCUT2D eigenvalue weighted by Gasteiger charge is 2.22. The van der Waals surface area contributed by atoms with Crippen molar-refractivity contribution in [3.63, 3.8) is 0 Å². The molecule has 2 aromatic carbocycles. The van der Waals surface area contributed by atoms with E-state index < -0.39 is 10.0 Å². The number of thiophene rings is 1. The summed E-state index contributed by atoms with van der Waals surface area (Å²) in [6.45, 7) is 3.97. The number of hydrogen-bond acceptors (Lipinski definition) is 4. The summed E-state index contributed by atoms with van der Waals surface area (Å²) in [5, 5.41) is 4.25. The number of halogens is 1. The number of hydrogen-bond donors (Lipinski definition) is 1. The van der Waals surface area contributed by atoms with E-state index in [0.29, 0.717) is 15.6 Å². The van der Waals surface area contributed by atoms with E-state index in [4.69, 9.17) is 11.6 Å². The highest BCUT2D eigenvalue weighted by atomic mass is 35.5. The Bertz CT molecular complexity index is 1110. The summed E-state index contributed by atoms with van der Waals surface area (Å²) in [5.41, 5.74) is 0.522. The molecule has 0 unspecified atom stereocenters. The SMILES string of the molecule is CC[C@@H](C)NC(=O)c1cc2cc(N(C)S(=O)(=O)c3ccc(Cl)cc3)ccc2s1. The Morgan fingerprint density at radius 1 is 1.18 bits per heavy atom. The van der Waals surface area contributed by atoms with E-state index in [1.807, 2.05) is 19.9 Å². The zero-order valence-electron chi connectivity index (χ0n) is 15.8. The van der Waals surface area contributed by atoms with Crippen LogP contribution in [0.5, 0.6) is 0 Å². The van der Waals surface area contributed by atoms with Gasteiger partial charge in [-0.25, -0.2) is 8.42 Å². The lowest BCUT2D eigenvalue weighted by Crippen LogP contribution is -2.31. The summed E-state index contributed by atoms with van der Waals surface area (Å²) < 4.78 is 27.9. The van der Waals surface area contributed by atoms with Crippen LogP contribution in [0.2, 0.25) is 5.02 Å². The van der Waals surface area contributed by atoms with E-state index in [-0.39, 0.29) is 16.8 Å². The van der Waals surface area contributed by atoms with Gasteiger partial charge in [-0.2, -0.15) is 0 Å². The van der Waals surface area contributed by atoms with Crippen molar-refractivity contribution in [3.05, 3.63) is 58.4 Å². The van der Waals surface area contributed by atoms with Crippen molar-refractivity contribution in [1.29, 1.82) is 0 Å². The molecule has 1 amide bonds. The molecule has 0 fully saturated rings. The Morgan fingerprint density at radius 3 is 2.50 bits per heavy atom. The van der Waals surface area contributed by atoms with Crippen molar-refractivity contribution < 1.29 is 13.2 Å². The molecule has 0 aliphatic rings. The Hall–Kier alpha value is -2.09. The average molecular weight is 437 g/mol. The number of rotatable bonds is 6. The molecule has 0 radical (unpaired) electrons. The van der Waals surface area contributed by atoms with E-state index in [9.17, 15) is 13.2 Å². The van der Waals surface area contributed by atoms with Crippen molar-refractivity contribution in [1.82, 2.24) is 5.32 Å². The molecule has 0 aliphatic carbocycles. The molecule has 1 aromatic heterocycles. The predicted molar refractivity (Wildman–Crippen MR) is 116 cm³/mol. The van der Waals surface area contributed by atoms with Crippen LogP contribution in [0.25, 0.3) is 10.1 Å². The predicted octanol–water partition coefficient (Wildman–Crippen LogP) is 4.91. The second-order valence-electron chi connectivity index (χ2n) is 6.54. The fraction of sp³-hybridized carbons (Fsp3) is 0.250. The van der Waals surface area contributed by atoms with Gasteiger partial charge in [-0.1, -0.05) is 18.5 Å².